The first-order chi connectivity index (χ1) is 27.4. The first-order valence-corrected chi connectivity index (χ1v) is 20.0. The number of amides is 1. The highest BCUT2D eigenvalue weighted by Crippen LogP contribution is 2.48. The van der Waals surface area contributed by atoms with E-state index in [0.29, 0.717) is 11.5 Å². The molecule has 0 spiro atoms. The van der Waals surface area contributed by atoms with Gasteiger partial charge < -0.3 is 27.8 Å². The molecule has 57 heavy (non-hydrogen) atoms. The topological polar surface area (TPSA) is 166 Å². The molecule has 5 aromatic rings. The Kier molecular flexibility index (Phi) is 14.9. The van der Waals surface area contributed by atoms with Gasteiger partial charge in [-0.3, -0.25) is 19.9 Å². The first-order valence-electron chi connectivity index (χ1n) is 18.9. The van der Waals surface area contributed by atoms with Gasteiger partial charge >= 0.3 is 0 Å². The monoisotopic (exact) mass is 797 g/mol. The van der Waals surface area contributed by atoms with Crippen molar-refractivity contribution in [2.75, 3.05) is 32.8 Å². The van der Waals surface area contributed by atoms with Crippen LogP contribution in [0.4, 0.5) is 5.95 Å². The number of nitrogens with one attached hydrogen (secondary N) is 2. The summed E-state index contributed by atoms with van der Waals surface area (Å²) in [5.74, 6) is 0.715. The molecule has 0 aliphatic heterocycles. The zero-order chi connectivity index (χ0) is 41.1. The van der Waals surface area contributed by atoms with Crippen LogP contribution in [0.25, 0.3) is 11.2 Å². The van der Waals surface area contributed by atoms with Gasteiger partial charge in [0, 0.05) is 18.0 Å². The minimum Gasteiger partial charge on any atom is -0.497 e. The summed E-state index contributed by atoms with van der Waals surface area (Å²) in [7, 11) is 1.50. The molecule has 0 bridgehead atoms. The summed E-state index contributed by atoms with van der Waals surface area (Å²) in [6.45, 7) is 12.1. The van der Waals surface area contributed by atoms with Crippen LogP contribution in [0.5, 0.6) is 11.5 Å². The van der Waals surface area contributed by atoms with E-state index in [-0.39, 0.29) is 67.2 Å². The molecule has 0 aliphatic carbocycles. The largest absolute Gasteiger partial charge is 0.497 e. The zero-order valence-corrected chi connectivity index (χ0v) is 34.7. The summed E-state index contributed by atoms with van der Waals surface area (Å²) >= 11 is 0. The fourth-order valence-corrected chi connectivity index (χ4v) is 8.16. The van der Waals surface area contributed by atoms with E-state index < -0.39 is 25.8 Å². The van der Waals surface area contributed by atoms with E-state index in [1.807, 2.05) is 78.9 Å². The molecule has 302 valence electrons. The van der Waals surface area contributed by atoms with Crippen LogP contribution in [0.15, 0.2) is 90.0 Å². The highest BCUT2D eigenvalue weighted by Gasteiger charge is 2.40. The van der Waals surface area contributed by atoms with E-state index in [1.165, 1.54) is 6.33 Å². The number of ether oxygens (including phenoxy) is 3. The van der Waals surface area contributed by atoms with Crippen LogP contribution in [0, 0.1) is 17.2 Å². The lowest BCUT2D eigenvalue weighted by molar-refractivity contribution is -0.118. The molecule has 14 nitrogen and oxygen atoms in total. The van der Waals surface area contributed by atoms with Gasteiger partial charge in [0.15, 0.2) is 11.2 Å². The maximum Gasteiger partial charge on any atom is 0.280 e. The van der Waals surface area contributed by atoms with Crippen molar-refractivity contribution < 1.29 is 28.1 Å². The van der Waals surface area contributed by atoms with E-state index in [4.69, 9.17) is 23.3 Å². The van der Waals surface area contributed by atoms with Crippen molar-refractivity contribution in [3.8, 4) is 17.6 Å². The van der Waals surface area contributed by atoms with Crippen LogP contribution >= 0.6 is 8.53 Å². The number of hydrogen-bond donors (Lipinski definition) is 2. The van der Waals surface area contributed by atoms with Crippen LogP contribution in [0.3, 0.4) is 0 Å². The Morgan fingerprint density at radius 1 is 0.930 bits per heavy atom. The molecule has 1 amide bonds. The van der Waals surface area contributed by atoms with Gasteiger partial charge in [-0.25, -0.2) is 9.65 Å². The Hall–Kier alpha value is -5.16. The Bertz CT molecular complexity index is 2160. The average Bonchev–Trinajstić information content (AvgIpc) is 3.61. The molecular formula is C42H52N7O7P. The lowest BCUT2D eigenvalue weighted by Crippen LogP contribution is -2.39. The van der Waals surface area contributed by atoms with Crippen LogP contribution in [0.2, 0.25) is 0 Å². The van der Waals surface area contributed by atoms with Gasteiger partial charge in [-0.15, -0.1) is 0 Å². The molecule has 0 saturated heterocycles. The summed E-state index contributed by atoms with van der Waals surface area (Å²) in [6.07, 6.45) is 0.966. The molecule has 2 heterocycles. The maximum absolute atomic E-state index is 13.2. The van der Waals surface area contributed by atoms with E-state index in [1.54, 1.807) is 32.6 Å². The molecule has 3 atom stereocenters. The number of anilines is 1. The quantitative estimate of drug-likeness (QED) is 0.0458. The molecule has 3 aromatic carbocycles. The summed E-state index contributed by atoms with van der Waals surface area (Å²) in [6, 6.07) is 27.6. The second kappa shape index (κ2) is 19.8. The van der Waals surface area contributed by atoms with Crippen LogP contribution in [-0.2, 0) is 30.7 Å². The molecule has 15 heteroatoms. The van der Waals surface area contributed by atoms with Gasteiger partial charge in [-0.05, 0) is 68.7 Å². The van der Waals surface area contributed by atoms with Gasteiger partial charge in [-0.1, -0.05) is 68.4 Å². The Balaban J connectivity index is 1.67. The second-order valence-electron chi connectivity index (χ2n) is 14.2. The van der Waals surface area contributed by atoms with E-state index in [0.717, 1.165) is 16.7 Å². The third-order valence-corrected chi connectivity index (χ3v) is 11.4. The van der Waals surface area contributed by atoms with Gasteiger partial charge in [0.2, 0.25) is 11.9 Å². The second-order valence-corrected chi connectivity index (χ2v) is 15.6. The van der Waals surface area contributed by atoms with E-state index in [9.17, 15) is 14.9 Å². The lowest BCUT2D eigenvalue weighted by atomic mass is 9.80. The molecule has 2 unspecified atom stereocenters. The van der Waals surface area contributed by atoms with Crippen molar-refractivity contribution in [2.24, 2.45) is 5.92 Å². The molecule has 2 aromatic heterocycles. The van der Waals surface area contributed by atoms with Crippen molar-refractivity contribution in [1.29, 1.82) is 5.26 Å². The Labute approximate surface area is 335 Å². The van der Waals surface area contributed by atoms with Crippen molar-refractivity contribution >= 4 is 31.5 Å². The number of fused-ring (bicyclic) bond motifs is 1. The SMILES string of the molecule is COc1ccc(C(OC[C@H](Cn2cnc3c(=O)[nH]c(NC(=O)C(C)C)nc32)OP(OCCC#N)N(C(C)C)C(C)C)(c2ccccc2)c2cccc(OC)c2)cc1. The van der Waals surface area contributed by atoms with Gasteiger partial charge in [0.25, 0.3) is 14.1 Å². The van der Waals surface area contributed by atoms with Gasteiger partial charge in [-0.2, -0.15) is 10.2 Å². The van der Waals surface area contributed by atoms with Crippen LogP contribution < -0.4 is 20.3 Å². The van der Waals surface area contributed by atoms with Crippen LogP contribution in [-0.4, -0.2) is 75.7 Å². The number of hydrogen-bond acceptors (Lipinski definition) is 11. The number of carbonyl (C=O) groups excluding carboxylic acids is 1. The number of nitrogens with zero attached hydrogens (tertiary/aromatic N) is 5. The highest BCUT2D eigenvalue weighted by atomic mass is 31.2. The number of H-pyrrole nitrogens is 1. The number of aromatic nitrogens is 4. The first kappa shape index (κ1) is 43.0. The van der Waals surface area contributed by atoms with Crippen molar-refractivity contribution in [3.05, 3.63) is 112 Å². The number of nitriles is 1. The summed E-state index contributed by atoms with van der Waals surface area (Å²) in [5, 5.41) is 12.1. The zero-order valence-electron chi connectivity index (χ0n) is 33.8. The predicted octanol–water partition coefficient (Wildman–Crippen LogP) is 7.40. The van der Waals surface area contributed by atoms with E-state index in [2.05, 4.69) is 58.7 Å². The fraction of sp³-hybridized carbons (Fsp3) is 0.405. The number of methoxy groups -OCH3 is 2. The van der Waals surface area contributed by atoms with Crippen molar-refractivity contribution in [3.63, 3.8) is 0 Å². The molecule has 2 N–H and O–H groups in total. The molecule has 0 aliphatic rings. The molecule has 0 fully saturated rings. The predicted molar refractivity (Wildman–Crippen MR) is 220 cm³/mol. The molecule has 5 rings (SSSR count). The fourth-order valence-electron chi connectivity index (χ4n) is 6.47. The number of imidazole rings is 1. The Morgan fingerprint density at radius 3 is 2.23 bits per heavy atom. The van der Waals surface area contributed by atoms with Crippen molar-refractivity contribution in [2.45, 2.75) is 78.3 Å². The third-order valence-electron chi connectivity index (χ3n) is 9.18. The lowest BCUT2D eigenvalue weighted by Gasteiger charge is -2.39. The summed E-state index contributed by atoms with van der Waals surface area (Å²) in [4.78, 5) is 37.4. The Morgan fingerprint density at radius 2 is 1.60 bits per heavy atom. The summed E-state index contributed by atoms with van der Waals surface area (Å²) < 4.78 is 35.8. The molecule has 0 radical (unpaired) electrons. The maximum atomic E-state index is 13.2. The van der Waals surface area contributed by atoms with Gasteiger partial charge in [0.1, 0.15) is 23.2 Å². The molecule has 0 saturated carbocycles. The van der Waals surface area contributed by atoms with Gasteiger partial charge in [0.05, 0.1) is 52.8 Å². The normalized spacial score (nSPS) is 13.8. The minimum absolute atomic E-state index is 0.00239. The number of rotatable bonds is 20. The highest BCUT2D eigenvalue weighted by molar-refractivity contribution is 7.44. The average molecular weight is 798 g/mol. The van der Waals surface area contributed by atoms with Crippen LogP contribution in [0.1, 0.15) is 64.7 Å². The van der Waals surface area contributed by atoms with E-state index >= 15 is 0 Å². The number of benzene rings is 3. The van der Waals surface area contributed by atoms with Crippen molar-refractivity contribution in [1.82, 2.24) is 24.2 Å². The molecular weight excluding hydrogens is 745 g/mol. The number of carbonyl (C=O) groups is 1. The minimum atomic E-state index is -1.75. The smallest absolute Gasteiger partial charge is 0.280 e. The summed E-state index contributed by atoms with van der Waals surface area (Å²) in [5.41, 5.74) is 1.15. The third kappa shape index (κ3) is 10.2. The number of aromatic amines is 1. The standard InChI is InChI=1S/C42H52N7O7P/c1-28(2)39(50)46-41-45-38-37(40(51)47-41)44-27-48(38)25-36(56-57(55-23-13-22-43)49(29(3)4)30(5)6)26-54-42(31-14-10-9-11-15-31,32-18-20-34(52-7)21-19-32)33-16-12-17-35(24-33)53-8/h9-12,14-21,24,27-30,36H,13,23,25-26H2,1-8H3,(H2,45,46,47,50,51)/t36-,42?,57?/m0/s1.